The van der Waals surface area contributed by atoms with Crippen LogP contribution in [0, 0.1) is 0 Å². The lowest BCUT2D eigenvalue weighted by molar-refractivity contribution is 0.297. The molecule has 0 aromatic heterocycles. The molecule has 0 amide bonds. The predicted molar refractivity (Wildman–Crippen MR) is 48.1 cm³/mol. The van der Waals surface area contributed by atoms with E-state index < -0.39 is 10.3 Å². The summed E-state index contributed by atoms with van der Waals surface area (Å²) < 4.78 is 20.4. The van der Waals surface area contributed by atoms with Crippen LogP contribution < -0.4 is 0 Å². The quantitative estimate of drug-likeness (QED) is 0.572. The van der Waals surface area contributed by atoms with Crippen LogP contribution in [0.15, 0.2) is 12.4 Å². The van der Waals surface area contributed by atoms with Gasteiger partial charge in [-0.15, -0.1) is 0 Å². The van der Waals surface area contributed by atoms with E-state index in [9.17, 15) is 8.42 Å². The first-order valence-electron chi connectivity index (χ1n) is 3.80. The van der Waals surface area contributed by atoms with Crippen molar-refractivity contribution in [1.82, 2.24) is 9.80 Å². The average molecular weight is 188 g/mol. The highest BCUT2D eigenvalue weighted by Gasteiger charge is 2.07. The highest BCUT2D eigenvalue weighted by atomic mass is 32.2. The van der Waals surface area contributed by atoms with E-state index in [0.29, 0.717) is 6.54 Å². The molecule has 0 aromatic carbocycles. The van der Waals surface area contributed by atoms with Gasteiger partial charge in [0.2, 0.25) is 10.3 Å². The molecule has 0 saturated carbocycles. The molecule has 1 aliphatic rings. The molecule has 0 radical (unpaired) electrons. The molecule has 68 valence electrons. The zero-order valence-electron chi connectivity index (χ0n) is 6.97. The van der Waals surface area contributed by atoms with Crippen LogP contribution in [-0.4, -0.2) is 43.3 Å². The lowest BCUT2D eigenvalue weighted by atomic mass is 10.6. The van der Waals surface area contributed by atoms with Crippen LogP contribution in [0.3, 0.4) is 0 Å². The van der Waals surface area contributed by atoms with Gasteiger partial charge in [0.05, 0.1) is 18.6 Å². The van der Waals surface area contributed by atoms with Crippen LogP contribution in [-0.2, 0) is 10.3 Å². The number of hydrogen-bond acceptors (Lipinski definition) is 4. The Balaban J connectivity index is 2.39. The third-order valence-electron chi connectivity index (χ3n) is 1.70. The summed E-state index contributed by atoms with van der Waals surface area (Å²) in [7, 11) is -2.04. The molecule has 0 spiro atoms. The van der Waals surface area contributed by atoms with Gasteiger partial charge in [0.15, 0.2) is 0 Å². The molecule has 0 aliphatic carbocycles. The Morgan fingerprint density at radius 1 is 1.42 bits per heavy atom. The number of rotatable bonds is 3. The second kappa shape index (κ2) is 4.15. The Bertz CT molecular complexity index is 287. The SMILES string of the molecule is CCN1C=CN(CC=S(=O)=O)C1. The van der Waals surface area contributed by atoms with Gasteiger partial charge in [0.25, 0.3) is 0 Å². The maximum absolute atomic E-state index is 10.2. The van der Waals surface area contributed by atoms with Gasteiger partial charge in [0.1, 0.15) is 0 Å². The van der Waals surface area contributed by atoms with E-state index in [1.165, 1.54) is 5.37 Å². The minimum atomic E-state index is -2.04. The van der Waals surface area contributed by atoms with E-state index in [-0.39, 0.29) is 0 Å². The smallest absolute Gasteiger partial charge is 0.211 e. The molecule has 0 atom stereocenters. The summed E-state index contributed by atoms with van der Waals surface area (Å²) in [5.41, 5.74) is 0. The van der Waals surface area contributed by atoms with Crippen LogP contribution in [0.2, 0.25) is 0 Å². The molecule has 5 heteroatoms. The molecule has 1 heterocycles. The fourth-order valence-electron chi connectivity index (χ4n) is 0.997. The van der Waals surface area contributed by atoms with Gasteiger partial charge in [-0.1, -0.05) is 0 Å². The van der Waals surface area contributed by atoms with Gasteiger partial charge in [-0.25, -0.2) is 0 Å². The Labute approximate surface area is 73.6 Å². The maximum Gasteiger partial charge on any atom is 0.211 e. The third kappa shape index (κ3) is 2.58. The van der Waals surface area contributed by atoms with Crippen LogP contribution >= 0.6 is 0 Å². The lowest BCUT2D eigenvalue weighted by Gasteiger charge is -2.17. The Hall–Kier alpha value is -0.970. The second-order valence-electron chi connectivity index (χ2n) is 2.54. The van der Waals surface area contributed by atoms with Gasteiger partial charge >= 0.3 is 0 Å². The molecule has 1 rings (SSSR count). The molecule has 0 aromatic rings. The summed E-state index contributed by atoms with van der Waals surface area (Å²) in [4.78, 5) is 4.03. The summed E-state index contributed by atoms with van der Waals surface area (Å²) in [5.74, 6) is 0. The molecule has 0 bridgehead atoms. The molecular formula is C7H12N2O2S. The molecule has 1 aliphatic heterocycles. The molecule has 0 unspecified atom stereocenters. The van der Waals surface area contributed by atoms with Crippen molar-refractivity contribution < 1.29 is 8.42 Å². The summed E-state index contributed by atoms with van der Waals surface area (Å²) in [5, 5.41) is 1.25. The van der Waals surface area contributed by atoms with Crippen molar-refractivity contribution >= 4 is 15.7 Å². The van der Waals surface area contributed by atoms with Crippen molar-refractivity contribution in [1.29, 1.82) is 0 Å². The lowest BCUT2D eigenvalue weighted by Crippen LogP contribution is -2.26. The summed E-state index contributed by atoms with van der Waals surface area (Å²) >= 11 is 0. The van der Waals surface area contributed by atoms with Gasteiger partial charge in [-0.2, -0.15) is 8.42 Å². The molecule has 0 saturated heterocycles. The molecular weight excluding hydrogens is 176 g/mol. The molecule has 0 fully saturated rings. The largest absolute Gasteiger partial charge is 0.359 e. The summed E-state index contributed by atoms with van der Waals surface area (Å²) in [6.07, 6.45) is 3.86. The molecule has 4 nitrogen and oxygen atoms in total. The average Bonchev–Trinajstić information content (AvgIpc) is 2.48. The zero-order valence-corrected chi connectivity index (χ0v) is 7.79. The molecule has 0 N–H and O–H groups in total. The minimum Gasteiger partial charge on any atom is -0.359 e. The first-order chi connectivity index (χ1) is 5.72. The van der Waals surface area contributed by atoms with E-state index in [1.54, 1.807) is 0 Å². The van der Waals surface area contributed by atoms with Crippen molar-refractivity contribution in [2.24, 2.45) is 0 Å². The van der Waals surface area contributed by atoms with E-state index in [2.05, 4.69) is 11.8 Å². The van der Waals surface area contributed by atoms with Gasteiger partial charge in [-0.3, -0.25) is 0 Å². The van der Waals surface area contributed by atoms with Crippen molar-refractivity contribution in [2.45, 2.75) is 6.92 Å². The Morgan fingerprint density at radius 3 is 2.58 bits per heavy atom. The highest BCUT2D eigenvalue weighted by molar-refractivity contribution is 7.71. The Morgan fingerprint density at radius 2 is 2.08 bits per heavy atom. The third-order valence-corrected chi connectivity index (χ3v) is 2.12. The minimum absolute atomic E-state index is 0.461. The van der Waals surface area contributed by atoms with Crippen LogP contribution in [0.1, 0.15) is 6.92 Å². The normalized spacial score (nSPS) is 15.4. The van der Waals surface area contributed by atoms with Crippen molar-refractivity contribution in [3.63, 3.8) is 0 Å². The topological polar surface area (TPSA) is 40.6 Å². The number of hydrogen-bond donors (Lipinski definition) is 0. The number of nitrogens with zero attached hydrogens (tertiary/aromatic N) is 2. The maximum atomic E-state index is 10.2. The van der Waals surface area contributed by atoms with Gasteiger partial charge < -0.3 is 9.80 Å². The summed E-state index contributed by atoms with van der Waals surface area (Å²) in [6, 6.07) is 0. The Kier molecular flexibility index (Phi) is 3.16. The summed E-state index contributed by atoms with van der Waals surface area (Å²) in [6.45, 7) is 4.25. The van der Waals surface area contributed by atoms with Crippen LogP contribution in [0.5, 0.6) is 0 Å². The van der Waals surface area contributed by atoms with Crippen molar-refractivity contribution in [3.05, 3.63) is 12.4 Å². The van der Waals surface area contributed by atoms with E-state index in [4.69, 9.17) is 0 Å². The van der Waals surface area contributed by atoms with Crippen molar-refractivity contribution in [3.8, 4) is 0 Å². The van der Waals surface area contributed by atoms with Crippen molar-refractivity contribution in [2.75, 3.05) is 19.8 Å². The van der Waals surface area contributed by atoms with Crippen LogP contribution in [0.4, 0.5) is 0 Å². The highest BCUT2D eigenvalue weighted by Crippen LogP contribution is 2.03. The standard InChI is InChI=1S/C7H12N2O2S/c1-2-8-3-4-9(7-8)5-6-12(10)11/h3-4,6H,2,5,7H2,1H3. The molecule has 12 heavy (non-hydrogen) atoms. The monoisotopic (exact) mass is 188 g/mol. The fraction of sp³-hybridized carbons (Fsp3) is 0.571. The van der Waals surface area contributed by atoms with Gasteiger partial charge in [-0.05, 0) is 6.92 Å². The second-order valence-corrected chi connectivity index (χ2v) is 3.40. The van der Waals surface area contributed by atoms with E-state index >= 15 is 0 Å². The van der Waals surface area contributed by atoms with Crippen LogP contribution in [0.25, 0.3) is 0 Å². The van der Waals surface area contributed by atoms with E-state index in [0.717, 1.165) is 13.2 Å². The predicted octanol–water partition coefficient (Wildman–Crippen LogP) is -0.266. The zero-order chi connectivity index (χ0) is 8.97. The first-order valence-corrected chi connectivity index (χ1v) is 4.94. The van der Waals surface area contributed by atoms with Gasteiger partial charge in [0, 0.05) is 18.9 Å². The van der Waals surface area contributed by atoms with E-state index in [1.807, 2.05) is 17.3 Å². The fourth-order valence-corrected chi connectivity index (χ4v) is 1.31. The first kappa shape index (κ1) is 9.12.